The summed E-state index contributed by atoms with van der Waals surface area (Å²) in [5, 5.41) is 0.178. The summed E-state index contributed by atoms with van der Waals surface area (Å²) in [7, 11) is 4.12. The number of benzene rings is 2. The molecule has 1 aliphatic heterocycles. The molecule has 0 aliphatic carbocycles. The van der Waals surface area contributed by atoms with Crippen LogP contribution < -0.4 is 0 Å². The molecule has 1 nitrogen and oxygen atoms in total. The summed E-state index contributed by atoms with van der Waals surface area (Å²) in [4.78, 5) is 4.24. The van der Waals surface area contributed by atoms with E-state index in [2.05, 4.69) is 37.2 Å². The van der Waals surface area contributed by atoms with Crippen molar-refractivity contribution in [1.82, 2.24) is 4.90 Å². The summed E-state index contributed by atoms with van der Waals surface area (Å²) in [6, 6.07) is 11.5. The second-order valence-corrected chi connectivity index (χ2v) is 7.06. The van der Waals surface area contributed by atoms with Gasteiger partial charge in [0.1, 0.15) is 5.82 Å². The number of hydrogen-bond acceptors (Lipinski definition) is 2. The van der Waals surface area contributed by atoms with Gasteiger partial charge in [0.25, 0.3) is 0 Å². The Hall–Kier alpha value is -1.29. The first-order chi connectivity index (χ1) is 10.6. The Morgan fingerprint density at radius 1 is 1.14 bits per heavy atom. The lowest BCUT2D eigenvalue weighted by Gasteiger charge is -2.23. The van der Waals surface area contributed by atoms with Crippen LogP contribution in [-0.4, -0.2) is 25.5 Å². The van der Waals surface area contributed by atoms with E-state index in [1.165, 1.54) is 11.6 Å². The fourth-order valence-electron chi connectivity index (χ4n) is 2.55. The second kappa shape index (κ2) is 6.45. The molecule has 0 aromatic heterocycles. The first-order valence-electron chi connectivity index (χ1n) is 7.18. The second-order valence-electron chi connectivity index (χ2n) is 5.57. The van der Waals surface area contributed by atoms with Gasteiger partial charge in [-0.3, -0.25) is 0 Å². The monoisotopic (exact) mass is 333 g/mol. The Balaban J connectivity index is 2.09. The van der Waals surface area contributed by atoms with E-state index in [0.717, 1.165) is 33.9 Å². The number of halogens is 2. The van der Waals surface area contributed by atoms with Crippen LogP contribution in [0.4, 0.5) is 4.39 Å². The van der Waals surface area contributed by atoms with E-state index in [9.17, 15) is 4.39 Å². The van der Waals surface area contributed by atoms with Gasteiger partial charge in [-0.2, -0.15) is 0 Å². The highest BCUT2D eigenvalue weighted by Gasteiger charge is 2.22. The molecule has 0 saturated heterocycles. The van der Waals surface area contributed by atoms with Crippen molar-refractivity contribution in [2.24, 2.45) is 0 Å². The molecule has 0 spiro atoms. The van der Waals surface area contributed by atoms with Gasteiger partial charge in [-0.25, -0.2) is 4.39 Å². The SMILES string of the molecule is CN(C)CC/C=C1\c2ccccc2Sc2cc(F)c(Cl)cc21. The molecule has 114 valence electrons. The Morgan fingerprint density at radius 3 is 2.68 bits per heavy atom. The van der Waals surface area contributed by atoms with Gasteiger partial charge in [-0.1, -0.05) is 47.6 Å². The van der Waals surface area contributed by atoms with E-state index >= 15 is 0 Å². The van der Waals surface area contributed by atoms with Crippen LogP contribution >= 0.6 is 23.4 Å². The zero-order chi connectivity index (χ0) is 15.7. The molecule has 0 atom stereocenters. The maximum atomic E-state index is 13.8. The van der Waals surface area contributed by atoms with Crippen LogP contribution in [0.15, 0.2) is 52.3 Å². The standard InChI is InChI=1S/C18H17ClFNS/c1-21(2)9-5-7-12-13-6-3-4-8-17(13)22-18-11-16(20)15(19)10-14(12)18/h3-4,6-8,10-11H,5,9H2,1-2H3/b12-7+. The Labute approximate surface area is 139 Å². The summed E-state index contributed by atoms with van der Waals surface area (Å²) in [5.41, 5.74) is 3.36. The summed E-state index contributed by atoms with van der Waals surface area (Å²) < 4.78 is 13.8. The molecule has 0 unspecified atom stereocenters. The predicted octanol–water partition coefficient (Wildman–Crippen LogP) is 5.33. The van der Waals surface area contributed by atoms with E-state index in [1.807, 2.05) is 12.1 Å². The van der Waals surface area contributed by atoms with Crippen LogP contribution in [0.25, 0.3) is 5.57 Å². The van der Waals surface area contributed by atoms with Crippen molar-refractivity contribution in [2.75, 3.05) is 20.6 Å². The van der Waals surface area contributed by atoms with Crippen molar-refractivity contribution >= 4 is 28.9 Å². The van der Waals surface area contributed by atoms with Crippen molar-refractivity contribution in [3.8, 4) is 0 Å². The molecule has 0 bridgehead atoms. The number of rotatable bonds is 3. The normalized spacial score (nSPS) is 15.0. The minimum absolute atomic E-state index is 0.178. The van der Waals surface area contributed by atoms with Crippen molar-refractivity contribution in [3.63, 3.8) is 0 Å². The quantitative estimate of drug-likeness (QED) is 0.637. The average Bonchev–Trinajstić information content (AvgIpc) is 2.48. The van der Waals surface area contributed by atoms with Crippen molar-refractivity contribution < 1.29 is 4.39 Å². The number of fused-ring (bicyclic) bond motifs is 2. The molecule has 0 fully saturated rings. The van der Waals surface area contributed by atoms with E-state index in [4.69, 9.17) is 11.6 Å². The molecule has 1 heterocycles. The van der Waals surface area contributed by atoms with Gasteiger partial charge in [0, 0.05) is 16.3 Å². The number of hydrogen-bond donors (Lipinski definition) is 0. The van der Waals surface area contributed by atoms with E-state index < -0.39 is 0 Å². The van der Waals surface area contributed by atoms with E-state index in [-0.39, 0.29) is 10.8 Å². The highest BCUT2D eigenvalue weighted by Crippen LogP contribution is 2.46. The zero-order valence-electron chi connectivity index (χ0n) is 12.6. The summed E-state index contributed by atoms with van der Waals surface area (Å²) in [6.07, 6.45) is 3.17. The zero-order valence-corrected chi connectivity index (χ0v) is 14.1. The smallest absolute Gasteiger partial charge is 0.142 e. The van der Waals surface area contributed by atoms with Crippen LogP contribution in [0.2, 0.25) is 5.02 Å². The first kappa shape index (κ1) is 15.6. The van der Waals surface area contributed by atoms with Gasteiger partial charge < -0.3 is 4.90 Å². The molecule has 1 aliphatic rings. The van der Waals surface area contributed by atoms with Crippen LogP contribution in [0.5, 0.6) is 0 Å². The summed E-state index contributed by atoms with van der Waals surface area (Å²) in [6.45, 7) is 0.975. The Kier molecular flexibility index (Phi) is 4.57. The van der Waals surface area contributed by atoms with Gasteiger partial charge in [0.05, 0.1) is 5.02 Å². The molecular formula is C18H17ClFNS. The first-order valence-corrected chi connectivity index (χ1v) is 8.37. The minimum atomic E-state index is -0.361. The molecule has 0 saturated carbocycles. The highest BCUT2D eigenvalue weighted by atomic mass is 35.5. The highest BCUT2D eigenvalue weighted by molar-refractivity contribution is 7.99. The molecule has 2 aromatic rings. The van der Waals surface area contributed by atoms with E-state index in [0.29, 0.717) is 0 Å². The largest absolute Gasteiger partial charge is 0.309 e. The van der Waals surface area contributed by atoms with Crippen molar-refractivity contribution in [3.05, 3.63) is 64.4 Å². The van der Waals surface area contributed by atoms with Crippen LogP contribution in [0.3, 0.4) is 0 Å². The third-order valence-corrected chi connectivity index (χ3v) is 5.06. The van der Waals surface area contributed by atoms with Crippen molar-refractivity contribution in [1.29, 1.82) is 0 Å². The van der Waals surface area contributed by atoms with Crippen LogP contribution in [0.1, 0.15) is 17.5 Å². The van der Waals surface area contributed by atoms with E-state index in [1.54, 1.807) is 17.8 Å². The summed E-state index contributed by atoms with van der Waals surface area (Å²) in [5.74, 6) is -0.361. The minimum Gasteiger partial charge on any atom is -0.309 e. The topological polar surface area (TPSA) is 3.24 Å². The lowest BCUT2D eigenvalue weighted by atomic mass is 9.96. The maximum Gasteiger partial charge on any atom is 0.142 e. The molecule has 4 heteroatoms. The third kappa shape index (κ3) is 3.07. The lowest BCUT2D eigenvalue weighted by Crippen LogP contribution is -2.12. The Morgan fingerprint density at radius 2 is 1.91 bits per heavy atom. The molecule has 3 rings (SSSR count). The fraction of sp³-hybridized carbons (Fsp3) is 0.222. The molecule has 2 aromatic carbocycles. The molecule has 0 N–H and O–H groups in total. The summed E-state index contributed by atoms with van der Waals surface area (Å²) >= 11 is 7.60. The molecule has 0 amide bonds. The number of nitrogens with zero attached hydrogens (tertiary/aromatic N) is 1. The Bertz CT molecular complexity index is 740. The lowest BCUT2D eigenvalue weighted by molar-refractivity contribution is 0.417. The maximum absolute atomic E-state index is 13.8. The van der Waals surface area contributed by atoms with Gasteiger partial charge >= 0.3 is 0 Å². The van der Waals surface area contributed by atoms with Gasteiger partial charge in [-0.05, 0) is 55.4 Å². The van der Waals surface area contributed by atoms with Crippen LogP contribution in [-0.2, 0) is 0 Å². The van der Waals surface area contributed by atoms with Gasteiger partial charge in [0.15, 0.2) is 0 Å². The fourth-order valence-corrected chi connectivity index (χ4v) is 3.83. The molecular weight excluding hydrogens is 317 g/mol. The van der Waals surface area contributed by atoms with Gasteiger partial charge in [-0.15, -0.1) is 0 Å². The molecule has 0 radical (unpaired) electrons. The average molecular weight is 334 g/mol. The van der Waals surface area contributed by atoms with Gasteiger partial charge in [0.2, 0.25) is 0 Å². The predicted molar refractivity (Wildman–Crippen MR) is 92.2 cm³/mol. The van der Waals surface area contributed by atoms with Crippen LogP contribution in [0, 0.1) is 5.82 Å². The molecule has 22 heavy (non-hydrogen) atoms. The third-order valence-electron chi connectivity index (χ3n) is 3.63. The van der Waals surface area contributed by atoms with Crippen molar-refractivity contribution in [2.45, 2.75) is 16.2 Å².